The van der Waals surface area contributed by atoms with Gasteiger partial charge in [-0.15, -0.1) is 0 Å². The third-order valence-electron chi connectivity index (χ3n) is 5.82. The normalized spacial score (nSPS) is 15.1. The first-order valence-electron chi connectivity index (χ1n) is 10.4. The van der Waals surface area contributed by atoms with E-state index in [2.05, 4.69) is 84.3 Å². The monoisotopic (exact) mass is 382 g/mol. The molecule has 0 N–H and O–H groups in total. The number of fused-ring (bicyclic) bond motifs is 2. The molecule has 3 heterocycles. The fraction of sp³-hybridized carbons (Fsp3) is 0.280. The summed E-state index contributed by atoms with van der Waals surface area (Å²) in [7, 11) is 0. The Morgan fingerprint density at radius 3 is 1.55 bits per heavy atom. The van der Waals surface area contributed by atoms with Gasteiger partial charge in [0.15, 0.2) is 0 Å². The van der Waals surface area contributed by atoms with Crippen LogP contribution in [0.15, 0.2) is 60.7 Å². The quantitative estimate of drug-likeness (QED) is 0.482. The number of para-hydroxylation sites is 2. The van der Waals surface area contributed by atoms with E-state index in [-0.39, 0.29) is 0 Å². The number of rotatable bonds is 2. The van der Waals surface area contributed by atoms with E-state index in [1.54, 1.807) is 0 Å². The zero-order valence-corrected chi connectivity index (χ0v) is 17.1. The number of hydrogen-bond donors (Lipinski definition) is 0. The molecule has 4 aromatic rings. The zero-order valence-electron chi connectivity index (χ0n) is 17.1. The van der Waals surface area contributed by atoms with Crippen molar-refractivity contribution in [3.8, 4) is 0 Å². The van der Waals surface area contributed by atoms with Gasteiger partial charge in [0.1, 0.15) is 0 Å². The highest BCUT2D eigenvalue weighted by atomic mass is 15.2. The van der Waals surface area contributed by atoms with Gasteiger partial charge in [0.2, 0.25) is 0 Å². The van der Waals surface area contributed by atoms with Crippen LogP contribution in [0.5, 0.6) is 0 Å². The van der Waals surface area contributed by atoms with Crippen molar-refractivity contribution in [1.29, 1.82) is 0 Å². The summed E-state index contributed by atoms with van der Waals surface area (Å²) in [6, 6.07) is 21.5. The van der Waals surface area contributed by atoms with Gasteiger partial charge >= 0.3 is 0 Å². The van der Waals surface area contributed by atoms with Crippen LogP contribution in [0.3, 0.4) is 0 Å². The predicted molar refractivity (Wildman–Crippen MR) is 122 cm³/mol. The molecule has 2 aromatic heterocycles. The summed E-state index contributed by atoms with van der Waals surface area (Å²) >= 11 is 0. The molecule has 1 fully saturated rings. The topological polar surface area (TPSA) is 32.3 Å². The van der Waals surface area contributed by atoms with Crippen LogP contribution in [-0.4, -0.2) is 36.1 Å². The SMILES string of the molecule is Cc1cc(N2CCCN(c3cc(C)nc4ccccc34)CC2)c2ccccc2n1. The van der Waals surface area contributed by atoms with Gasteiger partial charge in [-0.05, 0) is 44.5 Å². The van der Waals surface area contributed by atoms with E-state index in [0.717, 1.165) is 55.0 Å². The molecule has 1 saturated heterocycles. The molecular formula is C25H26N4. The number of hydrogen-bond acceptors (Lipinski definition) is 4. The minimum Gasteiger partial charge on any atom is -0.369 e. The maximum absolute atomic E-state index is 4.72. The third kappa shape index (κ3) is 3.39. The first-order valence-corrected chi connectivity index (χ1v) is 10.4. The van der Waals surface area contributed by atoms with Crippen molar-refractivity contribution >= 4 is 33.2 Å². The van der Waals surface area contributed by atoms with E-state index in [4.69, 9.17) is 9.97 Å². The largest absolute Gasteiger partial charge is 0.369 e. The number of benzene rings is 2. The molecule has 0 amide bonds. The minimum absolute atomic E-state index is 1.00. The maximum Gasteiger partial charge on any atom is 0.0726 e. The van der Waals surface area contributed by atoms with Crippen LogP contribution in [0.2, 0.25) is 0 Å². The second-order valence-corrected chi connectivity index (χ2v) is 7.93. The lowest BCUT2D eigenvalue weighted by atomic mass is 10.1. The highest BCUT2D eigenvalue weighted by Gasteiger charge is 2.19. The predicted octanol–water partition coefficient (Wildman–Crippen LogP) is 5.12. The molecule has 4 heteroatoms. The summed E-state index contributed by atoms with van der Waals surface area (Å²) in [6.45, 7) is 8.31. The number of pyridine rings is 2. The van der Waals surface area contributed by atoms with Crippen LogP contribution in [0.1, 0.15) is 17.8 Å². The van der Waals surface area contributed by atoms with E-state index in [1.807, 2.05) is 0 Å². The smallest absolute Gasteiger partial charge is 0.0726 e. The molecule has 1 aliphatic heterocycles. The van der Waals surface area contributed by atoms with Crippen molar-refractivity contribution in [2.24, 2.45) is 0 Å². The van der Waals surface area contributed by atoms with Crippen molar-refractivity contribution in [1.82, 2.24) is 9.97 Å². The summed E-state index contributed by atoms with van der Waals surface area (Å²) < 4.78 is 0. The average molecular weight is 383 g/mol. The van der Waals surface area contributed by atoms with E-state index < -0.39 is 0 Å². The molecule has 0 saturated carbocycles. The molecule has 0 bridgehead atoms. The molecule has 4 nitrogen and oxygen atoms in total. The number of aromatic nitrogens is 2. The Balaban J connectivity index is 1.48. The average Bonchev–Trinajstić information content (AvgIpc) is 2.98. The second-order valence-electron chi connectivity index (χ2n) is 7.93. The van der Waals surface area contributed by atoms with Crippen molar-refractivity contribution in [3.05, 3.63) is 72.1 Å². The van der Waals surface area contributed by atoms with Gasteiger partial charge in [-0.3, -0.25) is 9.97 Å². The van der Waals surface area contributed by atoms with Gasteiger partial charge in [0, 0.05) is 59.7 Å². The molecule has 29 heavy (non-hydrogen) atoms. The number of aryl methyl sites for hydroxylation is 2. The van der Waals surface area contributed by atoms with Crippen LogP contribution in [0.25, 0.3) is 21.8 Å². The van der Waals surface area contributed by atoms with Crippen molar-refractivity contribution in [2.45, 2.75) is 20.3 Å². The summed E-state index contributed by atoms with van der Waals surface area (Å²) in [4.78, 5) is 14.5. The fourth-order valence-electron chi connectivity index (χ4n) is 4.49. The first-order chi connectivity index (χ1) is 14.2. The van der Waals surface area contributed by atoms with Crippen LogP contribution in [0.4, 0.5) is 11.4 Å². The Bertz CT molecular complexity index is 1090. The highest BCUT2D eigenvalue weighted by molar-refractivity contribution is 5.93. The Hall–Kier alpha value is -3.14. The van der Waals surface area contributed by atoms with Gasteiger partial charge in [-0.25, -0.2) is 0 Å². The molecule has 1 aliphatic rings. The molecule has 5 rings (SSSR count). The van der Waals surface area contributed by atoms with Crippen molar-refractivity contribution in [3.63, 3.8) is 0 Å². The second kappa shape index (κ2) is 7.36. The molecule has 0 unspecified atom stereocenters. The lowest BCUT2D eigenvalue weighted by Gasteiger charge is -2.27. The van der Waals surface area contributed by atoms with Crippen LogP contribution >= 0.6 is 0 Å². The minimum atomic E-state index is 1.00. The lowest BCUT2D eigenvalue weighted by Crippen LogP contribution is -2.31. The van der Waals surface area contributed by atoms with Gasteiger partial charge in [-0.2, -0.15) is 0 Å². The zero-order chi connectivity index (χ0) is 19.8. The van der Waals surface area contributed by atoms with Crippen LogP contribution in [-0.2, 0) is 0 Å². The number of nitrogens with zero attached hydrogens (tertiary/aromatic N) is 4. The van der Waals surface area contributed by atoms with Gasteiger partial charge < -0.3 is 9.80 Å². The Labute approximate surface area is 171 Å². The van der Waals surface area contributed by atoms with E-state index >= 15 is 0 Å². The third-order valence-corrected chi connectivity index (χ3v) is 5.82. The molecule has 146 valence electrons. The summed E-state index contributed by atoms with van der Waals surface area (Å²) in [6.07, 6.45) is 1.13. The highest BCUT2D eigenvalue weighted by Crippen LogP contribution is 2.30. The maximum atomic E-state index is 4.72. The van der Waals surface area contributed by atoms with E-state index in [1.165, 1.54) is 22.1 Å². The Morgan fingerprint density at radius 2 is 1.07 bits per heavy atom. The van der Waals surface area contributed by atoms with Gasteiger partial charge in [0.05, 0.1) is 11.0 Å². The summed E-state index contributed by atoms with van der Waals surface area (Å²) in [5.41, 5.74) is 6.95. The van der Waals surface area contributed by atoms with Crippen LogP contribution < -0.4 is 9.80 Å². The Kier molecular flexibility index (Phi) is 4.55. The molecular weight excluding hydrogens is 356 g/mol. The van der Waals surface area contributed by atoms with Crippen molar-refractivity contribution < 1.29 is 0 Å². The van der Waals surface area contributed by atoms with E-state index in [0.29, 0.717) is 0 Å². The molecule has 0 atom stereocenters. The summed E-state index contributed by atoms with van der Waals surface area (Å²) in [5, 5.41) is 2.49. The van der Waals surface area contributed by atoms with Gasteiger partial charge in [-0.1, -0.05) is 36.4 Å². The van der Waals surface area contributed by atoms with Crippen molar-refractivity contribution in [2.75, 3.05) is 36.0 Å². The molecule has 0 spiro atoms. The molecule has 0 radical (unpaired) electrons. The standard InChI is InChI=1S/C25H26N4/c1-18-16-24(20-8-3-5-10-22(20)26-18)28-12-7-13-29(15-14-28)25-17-19(2)27-23-11-6-4-9-21(23)25/h3-6,8-11,16-17H,7,12-15H2,1-2H3. The first kappa shape index (κ1) is 17.9. The lowest BCUT2D eigenvalue weighted by molar-refractivity contribution is 0.808. The number of anilines is 2. The fourth-order valence-corrected chi connectivity index (χ4v) is 4.49. The van der Waals surface area contributed by atoms with E-state index in [9.17, 15) is 0 Å². The molecule has 2 aromatic carbocycles. The molecule has 0 aliphatic carbocycles. The van der Waals surface area contributed by atoms with Crippen LogP contribution in [0, 0.1) is 13.8 Å². The van der Waals surface area contributed by atoms with Gasteiger partial charge in [0.25, 0.3) is 0 Å². The summed E-state index contributed by atoms with van der Waals surface area (Å²) in [5.74, 6) is 0. The Morgan fingerprint density at radius 1 is 0.621 bits per heavy atom.